The van der Waals surface area contributed by atoms with E-state index in [2.05, 4.69) is 24.4 Å². The molecule has 1 heterocycles. The molecule has 0 unspecified atom stereocenters. The van der Waals surface area contributed by atoms with Crippen LogP contribution in [0.15, 0.2) is 16.5 Å². The average Bonchev–Trinajstić information content (AvgIpc) is 2.07. The first kappa shape index (κ1) is 11.2. The molecule has 0 atom stereocenters. The highest BCUT2D eigenvalue weighted by atomic mass is 35.5. The lowest BCUT2D eigenvalue weighted by molar-refractivity contribution is 0.362. The molecule has 0 radical (unpaired) electrons. The molecule has 5 heteroatoms. The fourth-order valence-corrected chi connectivity index (χ4v) is 1.51. The van der Waals surface area contributed by atoms with Crippen LogP contribution in [0.25, 0.3) is 0 Å². The number of hydrogen-bond donors (Lipinski definition) is 2. The number of nitrogens with one attached hydrogen (secondary N) is 1. The first-order valence-corrected chi connectivity index (χ1v) is 5.08. The molecule has 0 fully saturated rings. The van der Waals surface area contributed by atoms with Gasteiger partial charge in [-0.2, -0.15) is 0 Å². The largest absolute Gasteiger partial charge is 0.396 e. The standard InChI is InChI=1S/C9H17ClN4/c1-5(2)8-7(11)9(6(3)4)13-14(10)12-8/h5-6,12H,11H2,1-4H3. The number of halogens is 1. The van der Waals surface area contributed by atoms with E-state index in [1.54, 1.807) is 0 Å². The Morgan fingerprint density at radius 3 is 2.29 bits per heavy atom. The molecule has 3 N–H and O–H groups in total. The van der Waals surface area contributed by atoms with Crippen molar-refractivity contribution in [1.29, 1.82) is 0 Å². The Kier molecular flexibility index (Phi) is 3.26. The molecule has 0 amide bonds. The van der Waals surface area contributed by atoms with E-state index < -0.39 is 0 Å². The van der Waals surface area contributed by atoms with E-state index in [1.807, 2.05) is 13.8 Å². The second kappa shape index (κ2) is 4.09. The Morgan fingerprint density at radius 2 is 1.86 bits per heavy atom. The molecule has 4 nitrogen and oxygen atoms in total. The topological polar surface area (TPSA) is 53.6 Å². The normalized spacial score (nSPS) is 17.6. The van der Waals surface area contributed by atoms with Crippen LogP contribution in [-0.2, 0) is 0 Å². The van der Waals surface area contributed by atoms with Gasteiger partial charge in [0, 0.05) is 0 Å². The van der Waals surface area contributed by atoms with Crippen LogP contribution in [0.4, 0.5) is 0 Å². The van der Waals surface area contributed by atoms with Gasteiger partial charge in [0.05, 0.1) is 28.9 Å². The lowest BCUT2D eigenvalue weighted by Crippen LogP contribution is -2.39. The fraction of sp³-hybridized carbons (Fsp3) is 0.667. The summed E-state index contributed by atoms with van der Waals surface area (Å²) in [6.45, 7) is 8.20. The summed E-state index contributed by atoms with van der Waals surface area (Å²) >= 11 is 5.80. The zero-order chi connectivity index (χ0) is 10.9. The number of nitrogens with two attached hydrogens (primary N) is 1. The van der Waals surface area contributed by atoms with E-state index in [9.17, 15) is 0 Å². The SMILES string of the molecule is CC(C)C1=NN(Cl)NC(C(C)C)=C1N. The van der Waals surface area contributed by atoms with E-state index >= 15 is 0 Å². The maximum Gasteiger partial charge on any atom is 0.0913 e. The van der Waals surface area contributed by atoms with Crippen molar-refractivity contribution in [3.05, 3.63) is 11.4 Å². The average molecular weight is 217 g/mol. The Hall–Kier alpha value is -0.900. The second-order valence-corrected chi connectivity index (χ2v) is 4.31. The minimum atomic E-state index is 0.270. The quantitative estimate of drug-likeness (QED) is 0.693. The van der Waals surface area contributed by atoms with E-state index in [4.69, 9.17) is 17.5 Å². The second-order valence-electron chi connectivity index (χ2n) is 3.99. The number of nitrogens with zero attached hydrogens (tertiary/aromatic N) is 2. The lowest BCUT2D eigenvalue weighted by atomic mass is 9.99. The molecule has 80 valence electrons. The fourth-order valence-electron chi connectivity index (χ4n) is 1.34. The smallest absolute Gasteiger partial charge is 0.0913 e. The Morgan fingerprint density at radius 1 is 1.29 bits per heavy atom. The van der Waals surface area contributed by atoms with Gasteiger partial charge in [-0.1, -0.05) is 27.7 Å². The monoisotopic (exact) mass is 216 g/mol. The van der Waals surface area contributed by atoms with Gasteiger partial charge < -0.3 is 5.73 Å². The number of hydrogen-bond acceptors (Lipinski definition) is 4. The molecule has 0 aliphatic carbocycles. The number of rotatable bonds is 2. The predicted octanol–water partition coefficient (Wildman–Crippen LogP) is 1.80. The van der Waals surface area contributed by atoms with Crippen LogP contribution in [0.2, 0.25) is 0 Å². The van der Waals surface area contributed by atoms with Crippen molar-refractivity contribution in [3.63, 3.8) is 0 Å². The molecule has 0 saturated carbocycles. The van der Waals surface area contributed by atoms with Crippen molar-refractivity contribution in [1.82, 2.24) is 10.1 Å². The van der Waals surface area contributed by atoms with Crippen LogP contribution in [0.5, 0.6) is 0 Å². The van der Waals surface area contributed by atoms with Gasteiger partial charge in [-0.15, -0.1) is 9.74 Å². The third-order valence-electron chi connectivity index (χ3n) is 2.10. The van der Waals surface area contributed by atoms with Crippen molar-refractivity contribution < 1.29 is 0 Å². The Labute approximate surface area is 89.9 Å². The first-order chi connectivity index (χ1) is 6.43. The summed E-state index contributed by atoms with van der Waals surface area (Å²) in [5, 5.41) is 4.12. The van der Waals surface area contributed by atoms with Crippen molar-refractivity contribution in [2.75, 3.05) is 0 Å². The molecule has 0 aromatic carbocycles. The van der Waals surface area contributed by atoms with Gasteiger partial charge in [-0.25, -0.2) is 0 Å². The molecule has 14 heavy (non-hydrogen) atoms. The van der Waals surface area contributed by atoms with Crippen molar-refractivity contribution in [3.8, 4) is 0 Å². The summed E-state index contributed by atoms with van der Waals surface area (Å²) in [5.41, 5.74) is 11.4. The minimum absolute atomic E-state index is 0.270. The van der Waals surface area contributed by atoms with Crippen molar-refractivity contribution >= 4 is 17.5 Å². The van der Waals surface area contributed by atoms with E-state index in [1.165, 1.54) is 4.64 Å². The summed E-state index contributed by atoms with van der Waals surface area (Å²) in [4.78, 5) is 0. The molecule has 0 saturated heterocycles. The predicted molar refractivity (Wildman–Crippen MR) is 59.2 cm³/mol. The van der Waals surface area contributed by atoms with E-state index in [-0.39, 0.29) is 5.92 Å². The Bertz CT molecular complexity index is 281. The summed E-state index contributed by atoms with van der Waals surface area (Å²) in [7, 11) is 0. The Balaban J connectivity index is 3.05. The third kappa shape index (κ3) is 2.12. The minimum Gasteiger partial charge on any atom is -0.396 e. The van der Waals surface area contributed by atoms with Gasteiger partial charge in [0.25, 0.3) is 0 Å². The van der Waals surface area contributed by atoms with Crippen LogP contribution in [-0.4, -0.2) is 10.3 Å². The van der Waals surface area contributed by atoms with Gasteiger partial charge in [0.1, 0.15) is 0 Å². The van der Waals surface area contributed by atoms with Crippen LogP contribution >= 0.6 is 11.8 Å². The van der Waals surface area contributed by atoms with Gasteiger partial charge in [-0.05, 0) is 11.8 Å². The molecule has 1 aliphatic heterocycles. The first-order valence-electron chi connectivity index (χ1n) is 4.74. The molecule has 0 bridgehead atoms. The van der Waals surface area contributed by atoms with Gasteiger partial charge in [-0.3, -0.25) is 5.43 Å². The molecule has 0 aromatic rings. The molecule has 0 aromatic heterocycles. The summed E-state index contributed by atoms with van der Waals surface area (Å²) in [6, 6.07) is 0. The van der Waals surface area contributed by atoms with Crippen LogP contribution in [0, 0.1) is 11.8 Å². The highest BCUT2D eigenvalue weighted by Crippen LogP contribution is 2.19. The molecule has 1 aliphatic rings. The molecular weight excluding hydrogens is 200 g/mol. The highest BCUT2D eigenvalue weighted by Gasteiger charge is 2.22. The maximum atomic E-state index is 5.99. The molecule has 1 rings (SSSR count). The van der Waals surface area contributed by atoms with Gasteiger partial charge in [0.2, 0.25) is 0 Å². The summed E-state index contributed by atoms with van der Waals surface area (Å²) in [6.07, 6.45) is 0. The summed E-state index contributed by atoms with van der Waals surface area (Å²) in [5.74, 6) is 0.576. The van der Waals surface area contributed by atoms with Crippen LogP contribution in [0.1, 0.15) is 27.7 Å². The van der Waals surface area contributed by atoms with Gasteiger partial charge >= 0.3 is 0 Å². The van der Waals surface area contributed by atoms with Crippen molar-refractivity contribution in [2.45, 2.75) is 27.7 Å². The summed E-state index contributed by atoms with van der Waals surface area (Å²) < 4.78 is 1.20. The number of hydrazone groups is 1. The van der Waals surface area contributed by atoms with E-state index in [0.717, 1.165) is 11.4 Å². The van der Waals surface area contributed by atoms with Crippen LogP contribution < -0.4 is 11.2 Å². The van der Waals surface area contributed by atoms with Crippen molar-refractivity contribution in [2.24, 2.45) is 22.7 Å². The lowest BCUT2D eigenvalue weighted by Gasteiger charge is -2.27. The van der Waals surface area contributed by atoms with Gasteiger partial charge in [0.15, 0.2) is 0 Å². The van der Waals surface area contributed by atoms with Crippen LogP contribution in [0.3, 0.4) is 0 Å². The number of allylic oxidation sites excluding steroid dienone is 2. The third-order valence-corrected chi connectivity index (χ3v) is 2.26. The highest BCUT2D eigenvalue weighted by molar-refractivity contribution is 6.14. The molecular formula is C9H17ClN4. The molecule has 0 spiro atoms. The zero-order valence-corrected chi connectivity index (χ0v) is 9.76. The maximum absolute atomic E-state index is 5.99. The van der Waals surface area contributed by atoms with E-state index in [0.29, 0.717) is 11.6 Å². The number of hydrazine groups is 1. The zero-order valence-electron chi connectivity index (χ0n) is 9.00.